The predicted octanol–water partition coefficient (Wildman–Crippen LogP) is -1.25. The Balaban J connectivity index is 0.00000128. The average Bonchev–Trinajstić information content (AvgIpc) is 2.22. The Morgan fingerprint density at radius 2 is 1.81 bits per heavy atom. The number of pyridine rings is 1. The summed E-state index contributed by atoms with van der Waals surface area (Å²) in [7, 11) is 0. The molecule has 2 nitrogen and oxygen atoms in total. The van der Waals surface area contributed by atoms with Crippen LogP contribution in [0.2, 0.25) is 0 Å². The van der Waals surface area contributed by atoms with Gasteiger partial charge in [0.25, 0.3) is 0 Å². The van der Waals surface area contributed by atoms with Gasteiger partial charge < -0.3 is 18.1 Å². The summed E-state index contributed by atoms with van der Waals surface area (Å²) in [6.07, 6.45) is 3.75. The number of hydrogen-bond acceptors (Lipinski definition) is 1. The standard InChI is InChI=1S/C12H11FN2.ClH/c13-11-3-1-2-10(8-11)9-15-6-4-12(14)5-7-15;/h1-8,14H,9H2;1H. The van der Waals surface area contributed by atoms with Crippen molar-refractivity contribution in [1.82, 2.24) is 0 Å². The Hall–Kier alpha value is -1.61. The van der Waals surface area contributed by atoms with Crippen molar-refractivity contribution in [3.8, 4) is 0 Å². The zero-order valence-electron chi connectivity index (χ0n) is 8.61. The third kappa shape index (κ3) is 3.21. The molecule has 1 aromatic carbocycles. The molecule has 0 spiro atoms. The van der Waals surface area contributed by atoms with Crippen LogP contribution in [0.1, 0.15) is 5.56 Å². The summed E-state index contributed by atoms with van der Waals surface area (Å²) in [6, 6.07) is 10.2. The highest BCUT2D eigenvalue weighted by molar-refractivity contribution is 5.32. The molecule has 0 radical (unpaired) electrons. The zero-order chi connectivity index (χ0) is 10.7. The molecule has 0 aliphatic rings. The zero-order valence-corrected chi connectivity index (χ0v) is 9.36. The molecule has 0 unspecified atom stereocenters. The van der Waals surface area contributed by atoms with Crippen molar-refractivity contribution in [1.29, 1.82) is 0 Å². The first-order chi connectivity index (χ1) is 7.24. The first-order valence-electron chi connectivity index (χ1n) is 4.73. The number of benzene rings is 1. The number of nitrogen functional groups attached to an aromatic ring is 1. The third-order valence-corrected chi connectivity index (χ3v) is 2.17. The molecular formula is C12H12ClFN2. The lowest BCUT2D eigenvalue weighted by Crippen LogP contribution is -3.00. The lowest BCUT2D eigenvalue weighted by Gasteiger charge is -1.98. The Bertz CT molecular complexity index is 457. The highest BCUT2D eigenvalue weighted by Gasteiger charge is 2.02. The SMILES string of the molecule is Nc1cc[n+](Cc2cccc(F)c2)cc1.[Cl-]. The molecule has 0 aliphatic heterocycles. The van der Waals surface area contributed by atoms with Crippen LogP contribution >= 0.6 is 0 Å². The van der Waals surface area contributed by atoms with Gasteiger partial charge in [-0.1, -0.05) is 12.1 Å². The summed E-state index contributed by atoms with van der Waals surface area (Å²) in [5, 5.41) is 0. The van der Waals surface area contributed by atoms with Crippen molar-refractivity contribution < 1.29 is 21.4 Å². The van der Waals surface area contributed by atoms with Gasteiger partial charge in [0.1, 0.15) is 5.82 Å². The molecule has 0 amide bonds. The normalized spacial score (nSPS) is 9.56. The van der Waals surface area contributed by atoms with Crippen LogP contribution in [0.3, 0.4) is 0 Å². The van der Waals surface area contributed by atoms with E-state index in [0.29, 0.717) is 6.54 Å². The Kier molecular flexibility index (Phi) is 4.26. The van der Waals surface area contributed by atoms with Gasteiger partial charge >= 0.3 is 0 Å². The van der Waals surface area contributed by atoms with E-state index >= 15 is 0 Å². The van der Waals surface area contributed by atoms with Gasteiger partial charge in [0.15, 0.2) is 18.9 Å². The third-order valence-electron chi connectivity index (χ3n) is 2.17. The second-order valence-electron chi connectivity index (χ2n) is 3.43. The minimum Gasteiger partial charge on any atom is -1.00 e. The van der Waals surface area contributed by atoms with Crippen LogP contribution in [0.4, 0.5) is 10.1 Å². The quantitative estimate of drug-likeness (QED) is 0.651. The van der Waals surface area contributed by atoms with Crippen LogP contribution in [0.5, 0.6) is 0 Å². The molecule has 0 saturated carbocycles. The molecule has 0 saturated heterocycles. The van der Waals surface area contributed by atoms with Crippen LogP contribution in [0.15, 0.2) is 48.8 Å². The molecule has 0 atom stereocenters. The highest BCUT2D eigenvalue weighted by atomic mass is 35.5. The van der Waals surface area contributed by atoms with Gasteiger partial charge in [-0.05, 0) is 12.1 Å². The highest BCUT2D eigenvalue weighted by Crippen LogP contribution is 2.03. The van der Waals surface area contributed by atoms with E-state index in [1.165, 1.54) is 12.1 Å². The molecule has 2 aromatic rings. The summed E-state index contributed by atoms with van der Waals surface area (Å²) in [6.45, 7) is 0.651. The lowest BCUT2D eigenvalue weighted by molar-refractivity contribution is -0.688. The van der Waals surface area contributed by atoms with E-state index in [0.717, 1.165) is 11.3 Å². The van der Waals surface area contributed by atoms with Gasteiger partial charge in [-0.3, -0.25) is 0 Å². The van der Waals surface area contributed by atoms with Crippen molar-refractivity contribution in [2.75, 3.05) is 5.73 Å². The van der Waals surface area contributed by atoms with Crippen molar-refractivity contribution in [2.24, 2.45) is 0 Å². The van der Waals surface area contributed by atoms with Crippen molar-refractivity contribution in [3.63, 3.8) is 0 Å². The maximum Gasteiger partial charge on any atom is 0.173 e. The van der Waals surface area contributed by atoms with E-state index in [4.69, 9.17) is 5.73 Å². The largest absolute Gasteiger partial charge is 1.00 e. The molecule has 84 valence electrons. The van der Waals surface area contributed by atoms with Crippen LogP contribution in [-0.4, -0.2) is 0 Å². The number of rotatable bonds is 2. The maximum absolute atomic E-state index is 12.9. The number of halogens is 2. The van der Waals surface area contributed by atoms with Crippen LogP contribution < -0.4 is 22.7 Å². The molecule has 0 aliphatic carbocycles. The molecule has 1 heterocycles. The minimum absolute atomic E-state index is 0. The number of nitrogens with two attached hydrogens (primary N) is 1. The molecular weight excluding hydrogens is 227 g/mol. The first-order valence-corrected chi connectivity index (χ1v) is 4.73. The number of aromatic nitrogens is 1. The van der Waals surface area contributed by atoms with Crippen LogP contribution in [0.25, 0.3) is 0 Å². The molecule has 0 bridgehead atoms. The van der Waals surface area contributed by atoms with E-state index in [2.05, 4.69) is 0 Å². The first kappa shape index (κ1) is 12.5. The van der Waals surface area contributed by atoms with Gasteiger partial charge in [0, 0.05) is 23.4 Å². The van der Waals surface area contributed by atoms with Crippen molar-refractivity contribution in [3.05, 3.63) is 60.2 Å². The van der Waals surface area contributed by atoms with Gasteiger partial charge in [-0.25, -0.2) is 8.96 Å². The summed E-state index contributed by atoms with van der Waals surface area (Å²) in [5.41, 5.74) is 7.23. The molecule has 1 aromatic heterocycles. The van der Waals surface area contributed by atoms with E-state index in [1.54, 1.807) is 6.07 Å². The summed E-state index contributed by atoms with van der Waals surface area (Å²) < 4.78 is 14.9. The molecule has 4 heteroatoms. The molecule has 16 heavy (non-hydrogen) atoms. The lowest BCUT2D eigenvalue weighted by atomic mass is 10.2. The Morgan fingerprint density at radius 3 is 2.44 bits per heavy atom. The van der Waals surface area contributed by atoms with Gasteiger partial charge in [-0.2, -0.15) is 0 Å². The minimum atomic E-state index is -0.205. The van der Waals surface area contributed by atoms with Crippen LogP contribution in [-0.2, 0) is 6.54 Å². The van der Waals surface area contributed by atoms with E-state index in [9.17, 15) is 4.39 Å². The van der Waals surface area contributed by atoms with Gasteiger partial charge in [0.2, 0.25) is 0 Å². The smallest absolute Gasteiger partial charge is 0.173 e. The number of hydrogen-bond donors (Lipinski definition) is 1. The number of nitrogens with zero attached hydrogens (tertiary/aromatic N) is 1. The Morgan fingerprint density at radius 1 is 1.12 bits per heavy atom. The predicted molar refractivity (Wildman–Crippen MR) is 56.6 cm³/mol. The molecule has 2 rings (SSSR count). The van der Waals surface area contributed by atoms with E-state index < -0.39 is 0 Å². The second-order valence-corrected chi connectivity index (χ2v) is 3.43. The summed E-state index contributed by atoms with van der Waals surface area (Å²) in [5.74, 6) is -0.205. The molecule has 0 fully saturated rings. The van der Waals surface area contributed by atoms with E-state index in [1.807, 2.05) is 35.2 Å². The van der Waals surface area contributed by atoms with Gasteiger partial charge in [0.05, 0.1) is 0 Å². The summed E-state index contributed by atoms with van der Waals surface area (Å²) in [4.78, 5) is 0. The fraction of sp³-hybridized carbons (Fsp3) is 0.0833. The maximum atomic E-state index is 12.9. The summed E-state index contributed by atoms with van der Waals surface area (Å²) >= 11 is 0. The van der Waals surface area contributed by atoms with Gasteiger partial charge in [-0.15, -0.1) is 0 Å². The Labute approximate surface area is 99.9 Å². The number of anilines is 1. The second kappa shape index (κ2) is 5.47. The fourth-order valence-corrected chi connectivity index (χ4v) is 1.42. The molecule has 2 N–H and O–H groups in total. The average molecular weight is 239 g/mol. The van der Waals surface area contributed by atoms with Crippen molar-refractivity contribution in [2.45, 2.75) is 6.54 Å². The fourth-order valence-electron chi connectivity index (χ4n) is 1.42. The van der Waals surface area contributed by atoms with Crippen molar-refractivity contribution >= 4 is 5.69 Å². The van der Waals surface area contributed by atoms with E-state index in [-0.39, 0.29) is 18.2 Å². The topological polar surface area (TPSA) is 29.9 Å². The van der Waals surface area contributed by atoms with Crippen LogP contribution in [0, 0.1) is 5.82 Å². The monoisotopic (exact) mass is 238 g/mol.